The minimum Gasteiger partial charge on any atom is -0.263 e. The number of pyridine rings is 1. The van der Waals surface area contributed by atoms with Gasteiger partial charge in [0.2, 0.25) is 0 Å². The van der Waals surface area contributed by atoms with Crippen LogP contribution in [0.25, 0.3) is 0 Å². The molecule has 0 aliphatic carbocycles. The van der Waals surface area contributed by atoms with Crippen LogP contribution < -0.4 is 4.90 Å². The number of amides is 2. The number of para-hydroxylation sites is 1. The Balaban J connectivity index is 2.46. The topological polar surface area (TPSA) is 79.6 Å². The fraction of sp³-hybridized carbons (Fsp3) is 0.0769. The molecule has 0 unspecified atom stereocenters. The third kappa shape index (κ3) is 2.72. The highest BCUT2D eigenvalue weighted by Crippen LogP contribution is 2.25. The quantitative estimate of drug-likeness (QED) is 0.635. The van der Waals surface area contributed by atoms with Crippen molar-refractivity contribution in [3.8, 4) is 0 Å². The monoisotopic (exact) mass is 272 g/mol. The summed E-state index contributed by atoms with van der Waals surface area (Å²) < 4.78 is 0. The maximum Gasteiger partial charge on any atom is 0.386 e. The van der Waals surface area contributed by atoms with Crippen molar-refractivity contribution in [2.75, 3.05) is 11.9 Å². The van der Waals surface area contributed by atoms with Crippen molar-refractivity contribution < 1.29 is 9.83 Å². The van der Waals surface area contributed by atoms with E-state index in [0.29, 0.717) is 16.4 Å². The van der Waals surface area contributed by atoms with Crippen LogP contribution >= 0.6 is 0 Å². The molecule has 0 spiro atoms. The molecule has 0 fully saturated rings. The van der Waals surface area contributed by atoms with Crippen molar-refractivity contribution in [2.45, 2.75) is 0 Å². The van der Waals surface area contributed by atoms with E-state index in [9.17, 15) is 14.9 Å². The lowest BCUT2D eigenvalue weighted by Crippen LogP contribution is -2.41. The van der Waals surface area contributed by atoms with Crippen molar-refractivity contribution in [2.24, 2.45) is 0 Å². The van der Waals surface area contributed by atoms with Gasteiger partial charge in [0.05, 0.1) is 24.6 Å². The van der Waals surface area contributed by atoms with Crippen LogP contribution in [0.15, 0.2) is 54.9 Å². The van der Waals surface area contributed by atoms with E-state index in [1.54, 1.807) is 48.7 Å². The number of benzene rings is 1. The van der Waals surface area contributed by atoms with Crippen molar-refractivity contribution in [1.82, 2.24) is 9.99 Å². The van der Waals surface area contributed by atoms with E-state index in [1.807, 2.05) is 0 Å². The minimum atomic E-state index is -0.769. The summed E-state index contributed by atoms with van der Waals surface area (Å²) in [7, 11) is 1.11. The van der Waals surface area contributed by atoms with Gasteiger partial charge < -0.3 is 0 Å². The molecule has 0 saturated heterocycles. The summed E-state index contributed by atoms with van der Waals surface area (Å²) in [6.07, 6.45) is 3.03. The fourth-order valence-electron chi connectivity index (χ4n) is 1.65. The second-order valence-corrected chi connectivity index (χ2v) is 3.93. The molecule has 0 saturated carbocycles. The Morgan fingerprint density at radius 1 is 1.15 bits per heavy atom. The first-order valence-corrected chi connectivity index (χ1v) is 5.78. The predicted octanol–water partition coefficient (Wildman–Crippen LogP) is 2.46. The molecule has 0 aliphatic heterocycles. The lowest BCUT2D eigenvalue weighted by atomic mass is 10.2. The maximum atomic E-state index is 12.3. The molecule has 20 heavy (non-hydrogen) atoms. The molecule has 7 heteroatoms. The van der Waals surface area contributed by atoms with Gasteiger partial charge >= 0.3 is 6.03 Å². The molecule has 1 aromatic heterocycles. The molecule has 0 N–H and O–H groups in total. The van der Waals surface area contributed by atoms with Gasteiger partial charge in [0.15, 0.2) is 5.03 Å². The highest BCUT2D eigenvalue weighted by molar-refractivity contribution is 5.98. The average molecular weight is 272 g/mol. The Morgan fingerprint density at radius 2 is 1.80 bits per heavy atom. The molecule has 7 nitrogen and oxygen atoms in total. The molecule has 1 heterocycles. The number of anilines is 2. The highest BCUT2D eigenvalue weighted by Gasteiger charge is 2.28. The first-order chi connectivity index (χ1) is 9.61. The number of hydrazine groups is 1. The smallest absolute Gasteiger partial charge is 0.263 e. The van der Waals surface area contributed by atoms with Gasteiger partial charge in [0.25, 0.3) is 0 Å². The number of carbonyl (C=O) groups is 1. The van der Waals surface area contributed by atoms with Crippen molar-refractivity contribution in [3.63, 3.8) is 0 Å². The Hall–Kier alpha value is -2.96. The number of nitro groups is 1. The second-order valence-electron chi connectivity index (χ2n) is 3.93. The van der Waals surface area contributed by atoms with Crippen molar-refractivity contribution in [3.05, 3.63) is 65.0 Å². The van der Waals surface area contributed by atoms with E-state index >= 15 is 0 Å². The van der Waals surface area contributed by atoms with Crippen LogP contribution in [0.4, 0.5) is 16.2 Å². The summed E-state index contributed by atoms with van der Waals surface area (Å²) in [4.78, 5) is 28.2. The summed E-state index contributed by atoms with van der Waals surface area (Å²) in [5, 5.41) is 10.4. The molecule has 1 aromatic carbocycles. The number of aromatic nitrogens is 1. The Morgan fingerprint density at radius 3 is 2.35 bits per heavy atom. The molecule has 102 valence electrons. The van der Waals surface area contributed by atoms with Crippen molar-refractivity contribution >= 4 is 17.4 Å². The van der Waals surface area contributed by atoms with E-state index in [1.165, 1.54) is 11.1 Å². The molecule has 2 aromatic rings. The van der Waals surface area contributed by atoms with Crippen LogP contribution in [0, 0.1) is 10.1 Å². The maximum absolute atomic E-state index is 12.3. The third-order valence-corrected chi connectivity index (χ3v) is 2.63. The van der Waals surface area contributed by atoms with Crippen molar-refractivity contribution in [1.29, 1.82) is 0 Å². The van der Waals surface area contributed by atoms with Crippen LogP contribution in [0.2, 0.25) is 0 Å². The van der Waals surface area contributed by atoms with Gasteiger partial charge in [-0.25, -0.2) is 14.9 Å². The van der Waals surface area contributed by atoms with Crippen LogP contribution in [0.1, 0.15) is 0 Å². The van der Waals surface area contributed by atoms with Gasteiger partial charge in [0.1, 0.15) is 0 Å². The highest BCUT2D eigenvalue weighted by atomic mass is 16.7. The number of hydrogen-bond donors (Lipinski definition) is 0. The van der Waals surface area contributed by atoms with Crippen LogP contribution in [-0.2, 0) is 0 Å². The molecule has 0 aliphatic rings. The van der Waals surface area contributed by atoms with Gasteiger partial charge in [-0.3, -0.25) is 9.88 Å². The summed E-state index contributed by atoms with van der Waals surface area (Å²) in [5.74, 6) is 0. The van der Waals surface area contributed by atoms with Gasteiger partial charge in [-0.05, 0) is 29.3 Å². The van der Waals surface area contributed by atoms with Crippen LogP contribution in [0.5, 0.6) is 0 Å². The van der Waals surface area contributed by atoms with E-state index in [2.05, 4.69) is 4.98 Å². The average Bonchev–Trinajstić information content (AvgIpc) is 2.48. The lowest BCUT2D eigenvalue weighted by molar-refractivity contribution is -0.625. The number of carbonyl (C=O) groups excluding carboxylic acids is 1. The summed E-state index contributed by atoms with van der Waals surface area (Å²) in [5.41, 5.74) is 0.983. The Bertz CT molecular complexity index is 564. The van der Waals surface area contributed by atoms with E-state index in [4.69, 9.17) is 0 Å². The number of nitrogens with zero attached hydrogens (tertiary/aromatic N) is 4. The summed E-state index contributed by atoms with van der Waals surface area (Å²) >= 11 is 0. The Kier molecular flexibility index (Phi) is 3.90. The molecule has 0 bridgehead atoms. The first kappa shape index (κ1) is 13.5. The molecule has 0 atom stereocenters. The zero-order chi connectivity index (χ0) is 14.5. The Labute approximate surface area is 115 Å². The number of urea groups is 1. The molecule has 2 rings (SSSR count). The SMILES string of the molecule is CN(C(=O)N(c1ccccc1)c1cccnc1)[N+](=O)[O-]. The molecular weight excluding hydrogens is 260 g/mol. The van der Waals surface area contributed by atoms with Gasteiger partial charge in [-0.1, -0.05) is 18.2 Å². The zero-order valence-electron chi connectivity index (χ0n) is 10.7. The molecule has 2 amide bonds. The lowest BCUT2D eigenvalue weighted by Gasteiger charge is -2.23. The summed E-state index contributed by atoms with van der Waals surface area (Å²) in [6.45, 7) is 0. The zero-order valence-corrected chi connectivity index (χ0v) is 10.7. The van der Waals surface area contributed by atoms with E-state index in [-0.39, 0.29) is 0 Å². The standard InChI is InChI=1S/C13H12N4O3/c1-15(17(19)20)13(18)16(11-6-3-2-4-7-11)12-8-5-9-14-10-12/h2-10H,1H3. The van der Waals surface area contributed by atoms with Crippen LogP contribution in [-0.4, -0.2) is 28.1 Å². The summed E-state index contributed by atoms with van der Waals surface area (Å²) in [6, 6.07) is 11.2. The van der Waals surface area contributed by atoms with Gasteiger partial charge in [-0.15, -0.1) is 0 Å². The first-order valence-electron chi connectivity index (χ1n) is 5.78. The van der Waals surface area contributed by atoms with Gasteiger partial charge in [-0.2, -0.15) is 0 Å². The number of rotatable bonds is 3. The van der Waals surface area contributed by atoms with Gasteiger partial charge in [0, 0.05) is 6.20 Å². The van der Waals surface area contributed by atoms with Crippen LogP contribution in [0.3, 0.4) is 0 Å². The minimum absolute atomic E-state index is 0.431. The predicted molar refractivity (Wildman–Crippen MR) is 73.0 cm³/mol. The van der Waals surface area contributed by atoms with E-state index < -0.39 is 11.1 Å². The fourth-order valence-corrected chi connectivity index (χ4v) is 1.65. The molecule has 0 radical (unpaired) electrons. The largest absolute Gasteiger partial charge is 0.386 e. The third-order valence-electron chi connectivity index (χ3n) is 2.63. The number of hydrogen-bond acceptors (Lipinski definition) is 4. The molecular formula is C13H12N4O3. The van der Waals surface area contributed by atoms with E-state index in [0.717, 1.165) is 7.05 Å². The second kappa shape index (κ2) is 5.79. The normalized spacial score (nSPS) is 9.85.